The Morgan fingerprint density at radius 3 is 2.38 bits per heavy atom. The number of ether oxygens (including phenoxy) is 2. The van der Waals surface area contributed by atoms with Crippen LogP contribution in [-0.4, -0.2) is 14.2 Å². The summed E-state index contributed by atoms with van der Waals surface area (Å²) in [6.07, 6.45) is 0. The number of methoxy groups -OCH3 is 2. The van der Waals surface area contributed by atoms with E-state index in [1.165, 1.54) is 0 Å². The lowest BCUT2D eigenvalue weighted by Gasteiger charge is -2.08. The van der Waals surface area contributed by atoms with Crippen LogP contribution in [-0.2, 0) is 9.67 Å². The molecule has 0 heterocycles. The van der Waals surface area contributed by atoms with Gasteiger partial charge < -0.3 is 12.5 Å². The molecule has 0 radical (unpaired) electrons. The highest BCUT2D eigenvalue weighted by Gasteiger charge is 2.03. The Morgan fingerprint density at radius 2 is 1.85 bits per heavy atom. The Balaban J connectivity index is 2.91. The van der Waals surface area contributed by atoms with Crippen molar-refractivity contribution in [3.63, 3.8) is 0 Å². The fourth-order valence-corrected chi connectivity index (χ4v) is 1.39. The first kappa shape index (κ1) is 10.6. The Morgan fingerprint density at radius 1 is 1.15 bits per heavy atom. The zero-order valence-electron chi connectivity index (χ0n) is 7.54. The van der Waals surface area contributed by atoms with Crippen LogP contribution in [0.3, 0.4) is 0 Å². The van der Waals surface area contributed by atoms with Crippen LogP contribution in [0.4, 0.5) is 0 Å². The molecule has 0 amide bonds. The second-order valence-corrected chi connectivity index (χ2v) is 3.07. The molecule has 1 aromatic carbocycles. The van der Waals surface area contributed by atoms with Crippen LogP contribution in [0.25, 0.3) is 0 Å². The zero-order chi connectivity index (χ0) is 9.68. The molecule has 1 aromatic rings. The maximum atomic E-state index is 5.14. The zero-order valence-corrected chi connectivity index (χ0v) is 9.70. The van der Waals surface area contributed by atoms with E-state index in [9.17, 15) is 0 Å². The van der Waals surface area contributed by atoms with Crippen molar-refractivity contribution in [2.24, 2.45) is 0 Å². The predicted molar refractivity (Wildman–Crippen MR) is 58.4 cm³/mol. The van der Waals surface area contributed by atoms with E-state index in [1.54, 1.807) is 14.2 Å². The van der Waals surface area contributed by atoms with E-state index in [2.05, 4.69) is 0 Å². The number of benzene rings is 1. The van der Waals surface area contributed by atoms with Crippen LogP contribution < -0.4 is 9.47 Å². The SMILES string of the molecule is COc1ccc(COI)cc1OC. The van der Waals surface area contributed by atoms with Crippen molar-refractivity contribution in [3.8, 4) is 11.5 Å². The third-order valence-corrected chi connectivity index (χ3v) is 1.98. The molecule has 0 fully saturated rings. The van der Waals surface area contributed by atoms with E-state index < -0.39 is 0 Å². The molecular formula is C9H11IO3. The van der Waals surface area contributed by atoms with E-state index >= 15 is 0 Å². The highest BCUT2D eigenvalue weighted by Crippen LogP contribution is 2.27. The van der Waals surface area contributed by atoms with Crippen molar-refractivity contribution in [2.75, 3.05) is 14.2 Å². The van der Waals surface area contributed by atoms with Gasteiger partial charge in [-0.15, -0.1) is 0 Å². The molecule has 0 saturated heterocycles. The highest BCUT2D eigenvalue weighted by molar-refractivity contribution is 14.1. The van der Waals surface area contributed by atoms with Crippen molar-refractivity contribution >= 4 is 23.0 Å². The number of halogens is 1. The van der Waals surface area contributed by atoms with Crippen LogP contribution in [0.2, 0.25) is 0 Å². The van der Waals surface area contributed by atoms with Gasteiger partial charge in [0, 0.05) is 0 Å². The fourth-order valence-electron chi connectivity index (χ4n) is 1.03. The van der Waals surface area contributed by atoms with Gasteiger partial charge in [0.05, 0.1) is 20.8 Å². The van der Waals surface area contributed by atoms with Crippen LogP contribution in [0.15, 0.2) is 18.2 Å². The number of rotatable bonds is 4. The topological polar surface area (TPSA) is 27.7 Å². The maximum Gasteiger partial charge on any atom is 0.161 e. The van der Waals surface area contributed by atoms with Crippen molar-refractivity contribution in [1.82, 2.24) is 0 Å². The third kappa shape index (κ3) is 2.73. The summed E-state index contributed by atoms with van der Waals surface area (Å²) in [6, 6.07) is 5.71. The first-order valence-electron chi connectivity index (χ1n) is 3.76. The molecule has 0 aliphatic rings. The van der Waals surface area contributed by atoms with Crippen molar-refractivity contribution in [3.05, 3.63) is 23.8 Å². The normalized spacial score (nSPS) is 9.77. The van der Waals surface area contributed by atoms with E-state index in [0.29, 0.717) is 6.61 Å². The lowest BCUT2D eigenvalue weighted by molar-refractivity contribution is 0.352. The Hall–Kier alpha value is -0.490. The molecule has 0 aliphatic heterocycles. The molecule has 1 rings (SSSR count). The number of hydrogen-bond acceptors (Lipinski definition) is 3. The molecule has 72 valence electrons. The molecule has 0 unspecified atom stereocenters. The molecule has 0 bridgehead atoms. The van der Waals surface area contributed by atoms with Gasteiger partial charge in [0.1, 0.15) is 23.0 Å². The van der Waals surface area contributed by atoms with Gasteiger partial charge in [-0.1, -0.05) is 6.07 Å². The van der Waals surface area contributed by atoms with Gasteiger partial charge in [0.25, 0.3) is 0 Å². The minimum Gasteiger partial charge on any atom is -0.493 e. The maximum absolute atomic E-state index is 5.14. The summed E-state index contributed by atoms with van der Waals surface area (Å²) >= 11 is 1.86. The summed E-state index contributed by atoms with van der Waals surface area (Å²) in [6.45, 7) is 0.570. The Kier molecular flexibility index (Phi) is 4.31. The van der Waals surface area contributed by atoms with Crippen molar-refractivity contribution in [2.45, 2.75) is 6.61 Å². The molecule has 3 nitrogen and oxygen atoms in total. The van der Waals surface area contributed by atoms with Crippen molar-refractivity contribution in [1.29, 1.82) is 0 Å². The quantitative estimate of drug-likeness (QED) is 0.799. The van der Waals surface area contributed by atoms with Gasteiger partial charge in [0.15, 0.2) is 11.5 Å². The molecular weight excluding hydrogens is 283 g/mol. The van der Waals surface area contributed by atoms with Gasteiger partial charge in [-0.2, -0.15) is 0 Å². The number of hydrogen-bond donors (Lipinski definition) is 0. The Labute approximate surface area is 91.7 Å². The van der Waals surface area contributed by atoms with Crippen LogP contribution in [0.1, 0.15) is 5.56 Å². The average Bonchev–Trinajstić information content (AvgIpc) is 2.18. The van der Waals surface area contributed by atoms with E-state index in [-0.39, 0.29) is 0 Å². The lowest BCUT2D eigenvalue weighted by Crippen LogP contribution is -1.92. The molecule has 0 atom stereocenters. The molecule has 0 aromatic heterocycles. The molecule has 13 heavy (non-hydrogen) atoms. The second-order valence-electron chi connectivity index (χ2n) is 2.44. The summed E-state index contributed by atoms with van der Waals surface area (Å²) in [7, 11) is 3.24. The molecule has 0 N–H and O–H groups in total. The molecule has 0 aliphatic carbocycles. The lowest BCUT2D eigenvalue weighted by atomic mass is 10.2. The van der Waals surface area contributed by atoms with Crippen LogP contribution >= 0.6 is 23.0 Å². The summed E-state index contributed by atoms with van der Waals surface area (Å²) < 4.78 is 15.2. The molecule has 0 spiro atoms. The minimum atomic E-state index is 0.570. The molecule has 0 saturated carbocycles. The summed E-state index contributed by atoms with van der Waals surface area (Å²) in [5, 5.41) is 0. The van der Waals surface area contributed by atoms with E-state index in [0.717, 1.165) is 17.1 Å². The first-order valence-corrected chi connectivity index (χ1v) is 4.64. The largest absolute Gasteiger partial charge is 0.493 e. The third-order valence-electron chi connectivity index (χ3n) is 1.67. The summed E-state index contributed by atoms with van der Waals surface area (Å²) in [4.78, 5) is 0. The van der Waals surface area contributed by atoms with E-state index in [4.69, 9.17) is 12.5 Å². The van der Waals surface area contributed by atoms with Crippen molar-refractivity contribution < 1.29 is 12.5 Å². The standard InChI is InChI=1S/C9H11IO3/c1-11-8-4-3-7(6-13-10)5-9(8)12-2/h3-5H,6H2,1-2H3. The monoisotopic (exact) mass is 294 g/mol. The first-order chi connectivity index (χ1) is 6.31. The van der Waals surface area contributed by atoms with Gasteiger partial charge >= 0.3 is 0 Å². The predicted octanol–water partition coefficient (Wildman–Crippen LogP) is 2.57. The van der Waals surface area contributed by atoms with E-state index in [1.807, 2.05) is 41.2 Å². The van der Waals surface area contributed by atoms with Crippen LogP contribution in [0, 0.1) is 0 Å². The van der Waals surface area contributed by atoms with Gasteiger partial charge in [-0.25, -0.2) is 0 Å². The second kappa shape index (κ2) is 5.29. The fraction of sp³-hybridized carbons (Fsp3) is 0.333. The van der Waals surface area contributed by atoms with Gasteiger partial charge in [0.2, 0.25) is 0 Å². The summed E-state index contributed by atoms with van der Waals surface area (Å²) in [5.74, 6) is 1.47. The van der Waals surface area contributed by atoms with Gasteiger partial charge in [-0.3, -0.25) is 0 Å². The highest BCUT2D eigenvalue weighted by atomic mass is 127. The van der Waals surface area contributed by atoms with Gasteiger partial charge in [-0.05, 0) is 17.7 Å². The van der Waals surface area contributed by atoms with Crippen LogP contribution in [0.5, 0.6) is 11.5 Å². The minimum absolute atomic E-state index is 0.570. The molecule has 4 heteroatoms. The Bertz CT molecular complexity index is 276. The summed E-state index contributed by atoms with van der Waals surface area (Å²) in [5.41, 5.74) is 1.06. The smallest absolute Gasteiger partial charge is 0.161 e. The average molecular weight is 294 g/mol.